The summed E-state index contributed by atoms with van der Waals surface area (Å²) in [6, 6.07) is 6.86. The van der Waals surface area contributed by atoms with Crippen molar-refractivity contribution in [2.75, 3.05) is 37.5 Å². The molecule has 0 bridgehead atoms. The van der Waals surface area contributed by atoms with Gasteiger partial charge in [-0.2, -0.15) is 0 Å². The molecule has 1 aromatic heterocycles. The summed E-state index contributed by atoms with van der Waals surface area (Å²) in [4.78, 5) is 11.2. The predicted octanol–water partition coefficient (Wildman–Crippen LogP) is 1.95. The molecule has 1 fully saturated rings. The number of morpholine rings is 1. The third kappa shape index (κ3) is 3.86. The largest absolute Gasteiger partial charge is 0.378 e. The molecule has 6 nitrogen and oxygen atoms in total. The molecule has 0 radical (unpaired) electrons. The Morgan fingerprint density at radius 3 is 2.74 bits per heavy atom. The van der Waals surface area contributed by atoms with Crippen LogP contribution >= 0.6 is 0 Å². The topological polar surface area (TPSA) is 71.9 Å². The normalized spacial score (nSPS) is 17.0. The Hall–Kier alpha value is -2.32. The number of hydrogen-bond donors (Lipinski definition) is 0. The third-order valence-corrected chi connectivity index (χ3v) is 5.54. The van der Waals surface area contributed by atoms with Gasteiger partial charge in [-0.3, -0.25) is 4.99 Å². The zero-order valence-electron chi connectivity index (χ0n) is 15.0. The summed E-state index contributed by atoms with van der Waals surface area (Å²) < 4.78 is 42.9. The van der Waals surface area contributed by atoms with Crippen LogP contribution in [-0.2, 0) is 26.9 Å². The average molecular weight is 389 g/mol. The van der Waals surface area contributed by atoms with Gasteiger partial charge in [-0.25, -0.2) is 17.8 Å². The molecule has 0 amide bonds. The van der Waals surface area contributed by atoms with Crippen molar-refractivity contribution in [2.24, 2.45) is 4.99 Å². The maximum Gasteiger partial charge on any atom is 0.151 e. The number of halogens is 1. The number of anilines is 1. The van der Waals surface area contributed by atoms with E-state index < -0.39 is 15.7 Å². The summed E-state index contributed by atoms with van der Waals surface area (Å²) in [7, 11) is -3.33. The van der Waals surface area contributed by atoms with Crippen molar-refractivity contribution in [3.8, 4) is 0 Å². The summed E-state index contributed by atoms with van der Waals surface area (Å²) in [6.07, 6.45) is 2.84. The first kappa shape index (κ1) is 18.1. The van der Waals surface area contributed by atoms with E-state index in [9.17, 15) is 12.8 Å². The van der Waals surface area contributed by atoms with Crippen LogP contribution in [0.25, 0.3) is 0 Å². The Morgan fingerprint density at radius 2 is 2.00 bits per heavy atom. The summed E-state index contributed by atoms with van der Waals surface area (Å²) in [5.74, 6) is 0.0270. The molecular weight excluding hydrogens is 369 g/mol. The van der Waals surface area contributed by atoms with Gasteiger partial charge in [-0.1, -0.05) is 0 Å². The number of hydrogen-bond acceptors (Lipinski definition) is 6. The summed E-state index contributed by atoms with van der Waals surface area (Å²) >= 11 is 0. The van der Waals surface area contributed by atoms with Crippen molar-refractivity contribution >= 4 is 21.4 Å². The van der Waals surface area contributed by atoms with E-state index in [0.717, 1.165) is 47.6 Å². The monoisotopic (exact) mass is 389 g/mol. The molecule has 2 aliphatic heterocycles. The van der Waals surface area contributed by atoms with Crippen molar-refractivity contribution in [3.05, 3.63) is 58.5 Å². The molecule has 0 spiro atoms. The van der Waals surface area contributed by atoms with Crippen molar-refractivity contribution < 1.29 is 17.5 Å². The second-order valence-corrected chi connectivity index (χ2v) is 8.98. The number of ether oxygens (including phenoxy) is 1. The lowest BCUT2D eigenvalue weighted by Gasteiger charge is -2.28. The molecule has 0 saturated carbocycles. The number of aromatic nitrogens is 1. The fourth-order valence-corrected chi connectivity index (χ4v) is 4.22. The number of nitrogens with zero attached hydrogens (tertiary/aromatic N) is 3. The molecule has 0 N–H and O–H groups in total. The second-order valence-electron chi connectivity index (χ2n) is 6.84. The SMILES string of the molecule is CS(=O)(=O)Cc1cc2c(cc1F)CN=C2c1ccnc(N2CCOCC2)c1. The van der Waals surface area contributed by atoms with E-state index in [-0.39, 0.29) is 11.3 Å². The molecular formula is C19H20FN3O3S. The summed E-state index contributed by atoms with van der Waals surface area (Å²) in [5.41, 5.74) is 3.37. The van der Waals surface area contributed by atoms with Gasteiger partial charge in [-0.05, 0) is 29.8 Å². The van der Waals surface area contributed by atoms with Crippen molar-refractivity contribution in [1.82, 2.24) is 4.98 Å². The lowest BCUT2D eigenvalue weighted by atomic mass is 9.98. The molecule has 8 heteroatoms. The van der Waals surface area contributed by atoms with E-state index in [1.54, 1.807) is 12.3 Å². The van der Waals surface area contributed by atoms with E-state index in [2.05, 4.69) is 14.9 Å². The zero-order valence-corrected chi connectivity index (χ0v) is 15.8. The van der Waals surface area contributed by atoms with Gasteiger partial charge in [0, 0.05) is 42.2 Å². The molecule has 2 aliphatic rings. The van der Waals surface area contributed by atoms with Gasteiger partial charge in [-0.15, -0.1) is 0 Å². The molecule has 27 heavy (non-hydrogen) atoms. The first-order chi connectivity index (χ1) is 12.9. The quantitative estimate of drug-likeness (QED) is 0.799. The van der Waals surface area contributed by atoms with Crippen LogP contribution in [0.2, 0.25) is 0 Å². The number of aliphatic imine (C=N–C) groups is 1. The zero-order chi connectivity index (χ0) is 19.0. The summed E-state index contributed by atoms with van der Waals surface area (Å²) in [6.45, 7) is 3.29. The lowest BCUT2D eigenvalue weighted by molar-refractivity contribution is 0.122. The standard InChI is InChI=1S/C19H20FN3O3S/c1-27(24,25)12-15-8-16-14(9-17(15)20)11-22-19(16)13-2-3-21-18(10-13)23-4-6-26-7-5-23/h2-3,8-10H,4-7,11-12H2,1H3. The molecule has 0 atom stereocenters. The molecule has 142 valence electrons. The molecule has 4 rings (SSSR count). The van der Waals surface area contributed by atoms with Crippen LogP contribution in [0.15, 0.2) is 35.5 Å². The summed E-state index contributed by atoms with van der Waals surface area (Å²) in [5, 5.41) is 0. The van der Waals surface area contributed by atoms with Gasteiger partial charge in [0.15, 0.2) is 9.84 Å². The Kier molecular flexibility index (Phi) is 4.69. The average Bonchev–Trinajstić information content (AvgIpc) is 3.04. The van der Waals surface area contributed by atoms with E-state index in [0.29, 0.717) is 19.8 Å². The van der Waals surface area contributed by atoms with Crippen molar-refractivity contribution in [2.45, 2.75) is 12.3 Å². The number of fused-ring (bicyclic) bond motifs is 1. The van der Waals surface area contributed by atoms with Gasteiger partial charge in [0.2, 0.25) is 0 Å². The molecule has 2 aromatic rings. The molecule has 0 unspecified atom stereocenters. The minimum Gasteiger partial charge on any atom is -0.378 e. The van der Waals surface area contributed by atoms with Crippen molar-refractivity contribution in [1.29, 1.82) is 0 Å². The maximum absolute atomic E-state index is 14.3. The third-order valence-electron chi connectivity index (χ3n) is 4.71. The van der Waals surface area contributed by atoms with Crippen LogP contribution in [0, 0.1) is 5.82 Å². The minimum atomic E-state index is -3.33. The van der Waals surface area contributed by atoms with Crippen LogP contribution < -0.4 is 4.90 Å². The van der Waals surface area contributed by atoms with Crippen molar-refractivity contribution in [3.63, 3.8) is 0 Å². The minimum absolute atomic E-state index is 0.174. The highest BCUT2D eigenvalue weighted by Gasteiger charge is 2.23. The number of benzene rings is 1. The number of sulfone groups is 1. The van der Waals surface area contributed by atoms with E-state index in [4.69, 9.17) is 4.74 Å². The maximum atomic E-state index is 14.3. The second kappa shape index (κ2) is 7.01. The van der Waals surface area contributed by atoms with Crippen LogP contribution in [-0.4, -0.2) is 51.7 Å². The smallest absolute Gasteiger partial charge is 0.151 e. The fourth-order valence-electron chi connectivity index (χ4n) is 3.43. The van der Waals surface area contributed by atoms with Crippen LogP contribution in [0.4, 0.5) is 10.2 Å². The van der Waals surface area contributed by atoms with Crippen LogP contribution in [0.1, 0.15) is 22.3 Å². The molecule has 3 heterocycles. The highest BCUT2D eigenvalue weighted by molar-refractivity contribution is 7.89. The highest BCUT2D eigenvalue weighted by Crippen LogP contribution is 2.28. The molecule has 1 aromatic carbocycles. The van der Waals surface area contributed by atoms with Gasteiger partial charge < -0.3 is 9.64 Å². The Bertz CT molecular complexity index is 1010. The number of rotatable bonds is 4. The highest BCUT2D eigenvalue weighted by atomic mass is 32.2. The Labute approximate surface area is 157 Å². The Balaban J connectivity index is 1.69. The number of pyridine rings is 1. The molecule has 0 aliphatic carbocycles. The van der Waals surface area contributed by atoms with Gasteiger partial charge in [0.1, 0.15) is 11.6 Å². The van der Waals surface area contributed by atoms with E-state index >= 15 is 0 Å². The first-order valence-electron chi connectivity index (χ1n) is 8.74. The van der Waals surface area contributed by atoms with Gasteiger partial charge >= 0.3 is 0 Å². The van der Waals surface area contributed by atoms with Gasteiger partial charge in [0.05, 0.1) is 31.2 Å². The lowest BCUT2D eigenvalue weighted by Crippen LogP contribution is -2.36. The predicted molar refractivity (Wildman–Crippen MR) is 102 cm³/mol. The van der Waals surface area contributed by atoms with E-state index in [1.165, 1.54) is 6.07 Å². The Morgan fingerprint density at radius 1 is 1.22 bits per heavy atom. The van der Waals surface area contributed by atoms with Gasteiger partial charge in [0.25, 0.3) is 0 Å². The van der Waals surface area contributed by atoms with E-state index in [1.807, 2.05) is 12.1 Å². The van der Waals surface area contributed by atoms with Crippen LogP contribution in [0.5, 0.6) is 0 Å². The molecule has 1 saturated heterocycles. The van der Waals surface area contributed by atoms with Crippen LogP contribution in [0.3, 0.4) is 0 Å². The fraction of sp³-hybridized carbons (Fsp3) is 0.368. The first-order valence-corrected chi connectivity index (χ1v) is 10.8.